The minimum atomic E-state index is 0.421. The monoisotopic (exact) mass is 162 g/mol. The van der Waals surface area contributed by atoms with Crippen molar-refractivity contribution in [3.05, 3.63) is 29.3 Å². The fourth-order valence-electron chi connectivity index (χ4n) is 1.23. The van der Waals surface area contributed by atoms with Gasteiger partial charge in [-0.3, -0.25) is 0 Å². The minimum absolute atomic E-state index is 0.421. The van der Waals surface area contributed by atoms with E-state index in [0.717, 1.165) is 16.8 Å². The van der Waals surface area contributed by atoms with Crippen molar-refractivity contribution in [2.24, 2.45) is 0 Å². The van der Waals surface area contributed by atoms with Crippen molar-refractivity contribution in [3.63, 3.8) is 0 Å². The van der Waals surface area contributed by atoms with Crippen LogP contribution >= 0.6 is 0 Å². The maximum Gasteiger partial charge on any atom is 0.0438 e. The molecule has 1 aromatic rings. The third-order valence-electron chi connectivity index (χ3n) is 1.95. The Morgan fingerprint density at radius 1 is 1.42 bits per heavy atom. The summed E-state index contributed by atoms with van der Waals surface area (Å²) in [7, 11) is 0. The molecule has 0 atom stereocenters. The summed E-state index contributed by atoms with van der Waals surface area (Å²) in [4.78, 5) is 0. The van der Waals surface area contributed by atoms with Crippen molar-refractivity contribution in [1.29, 1.82) is 5.41 Å². The predicted molar refractivity (Wildman–Crippen MR) is 52.8 cm³/mol. The van der Waals surface area contributed by atoms with Crippen LogP contribution in [0, 0.1) is 5.41 Å². The second-order valence-corrected chi connectivity index (χ2v) is 3.15. The van der Waals surface area contributed by atoms with Crippen LogP contribution < -0.4 is 5.73 Å². The Labute approximate surface area is 72.9 Å². The number of anilines is 1. The molecule has 0 fully saturated rings. The van der Waals surface area contributed by atoms with Crippen LogP contribution in [0.1, 0.15) is 30.9 Å². The average Bonchev–Trinajstić information content (AvgIpc) is 2.04. The van der Waals surface area contributed by atoms with E-state index in [-0.39, 0.29) is 0 Å². The van der Waals surface area contributed by atoms with E-state index in [2.05, 4.69) is 13.8 Å². The van der Waals surface area contributed by atoms with Crippen LogP contribution in [0.2, 0.25) is 0 Å². The Morgan fingerprint density at radius 3 is 2.58 bits per heavy atom. The van der Waals surface area contributed by atoms with Crippen LogP contribution in [0.4, 0.5) is 5.69 Å². The highest BCUT2D eigenvalue weighted by atomic mass is 14.6. The third-order valence-corrected chi connectivity index (χ3v) is 1.95. The molecule has 1 rings (SSSR count). The van der Waals surface area contributed by atoms with Gasteiger partial charge in [-0.05, 0) is 11.5 Å². The molecule has 2 nitrogen and oxygen atoms in total. The summed E-state index contributed by atoms with van der Waals surface area (Å²) in [5, 5.41) is 7.12. The molecule has 3 N–H and O–H groups in total. The predicted octanol–water partition coefficient (Wildman–Crippen LogP) is 2.39. The number of benzene rings is 1. The lowest BCUT2D eigenvalue weighted by molar-refractivity contribution is 0.870. The molecule has 1 aromatic carbocycles. The lowest BCUT2D eigenvalue weighted by Crippen LogP contribution is -2.00. The molecule has 0 heterocycles. The maximum atomic E-state index is 7.12. The van der Waals surface area contributed by atoms with Gasteiger partial charge in [0.15, 0.2) is 0 Å². The summed E-state index contributed by atoms with van der Waals surface area (Å²) in [5.41, 5.74) is 8.51. The van der Waals surface area contributed by atoms with E-state index in [1.165, 1.54) is 6.21 Å². The minimum Gasteiger partial charge on any atom is -0.398 e. The van der Waals surface area contributed by atoms with Gasteiger partial charge in [-0.1, -0.05) is 32.0 Å². The molecule has 64 valence electrons. The summed E-state index contributed by atoms with van der Waals surface area (Å²) in [6, 6.07) is 5.80. The normalized spacial score (nSPS) is 10.2. The molecule has 0 unspecified atom stereocenters. The van der Waals surface area contributed by atoms with E-state index < -0.39 is 0 Å². The van der Waals surface area contributed by atoms with Crippen molar-refractivity contribution in [3.8, 4) is 0 Å². The fourth-order valence-corrected chi connectivity index (χ4v) is 1.23. The van der Waals surface area contributed by atoms with Gasteiger partial charge in [0.05, 0.1) is 0 Å². The van der Waals surface area contributed by atoms with Crippen LogP contribution in [0.5, 0.6) is 0 Å². The summed E-state index contributed by atoms with van der Waals surface area (Å²) >= 11 is 0. The summed E-state index contributed by atoms with van der Waals surface area (Å²) in [6.07, 6.45) is 1.29. The molecule has 0 aliphatic carbocycles. The van der Waals surface area contributed by atoms with E-state index >= 15 is 0 Å². The number of hydrogen-bond donors (Lipinski definition) is 2. The second-order valence-electron chi connectivity index (χ2n) is 3.15. The molecule has 0 saturated heterocycles. The SMILES string of the molecule is CC(C)c1cccc(C=N)c1N. The zero-order valence-electron chi connectivity index (χ0n) is 7.46. The van der Waals surface area contributed by atoms with Gasteiger partial charge in [-0.25, -0.2) is 0 Å². The molecule has 0 aromatic heterocycles. The molecule has 0 amide bonds. The van der Waals surface area contributed by atoms with Gasteiger partial charge < -0.3 is 11.1 Å². The van der Waals surface area contributed by atoms with Gasteiger partial charge in [0.25, 0.3) is 0 Å². The highest BCUT2D eigenvalue weighted by molar-refractivity contribution is 5.86. The van der Waals surface area contributed by atoms with E-state index in [0.29, 0.717) is 5.92 Å². The number of nitrogen functional groups attached to an aromatic ring is 1. The van der Waals surface area contributed by atoms with Crippen molar-refractivity contribution in [2.75, 3.05) is 5.73 Å². The summed E-state index contributed by atoms with van der Waals surface area (Å²) in [5.74, 6) is 0.421. The number of rotatable bonds is 2. The molecule has 0 aliphatic heterocycles. The van der Waals surface area contributed by atoms with Crippen molar-refractivity contribution >= 4 is 11.9 Å². The Balaban J connectivity index is 3.22. The molecule has 0 radical (unpaired) electrons. The quantitative estimate of drug-likeness (QED) is 0.509. The zero-order chi connectivity index (χ0) is 9.14. The van der Waals surface area contributed by atoms with E-state index in [1.807, 2.05) is 18.2 Å². The maximum absolute atomic E-state index is 7.12. The lowest BCUT2D eigenvalue weighted by atomic mass is 9.98. The van der Waals surface area contributed by atoms with E-state index in [1.54, 1.807) is 0 Å². The highest BCUT2D eigenvalue weighted by Crippen LogP contribution is 2.23. The number of nitrogens with two attached hydrogens (primary N) is 1. The number of hydrogen-bond acceptors (Lipinski definition) is 2. The molecule has 0 saturated carbocycles. The van der Waals surface area contributed by atoms with Gasteiger partial charge in [0.1, 0.15) is 0 Å². The first-order chi connectivity index (χ1) is 5.66. The summed E-state index contributed by atoms with van der Waals surface area (Å²) < 4.78 is 0. The van der Waals surface area contributed by atoms with E-state index in [9.17, 15) is 0 Å². The molecule has 0 aliphatic rings. The number of nitrogens with one attached hydrogen (secondary N) is 1. The average molecular weight is 162 g/mol. The van der Waals surface area contributed by atoms with Crippen molar-refractivity contribution < 1.29 is 0 Å². The van der Waals surface area contributed by atoms with Gasteiger partial charge in [0, 0.05) is 17.5 Å². The topological polar surface area (TPSA) is 49.9 Å². The van der Waals surface area contributed by atoms with E-state index in [4.69, 9.17) is 11.1 Å². The summed E-state index contributed by atoms with van der Waals surface area (Å²) in [6.45, 7) is 4.19. The second kappa shape index (κ2) is 3.39. The number of para-hydroxylation sites is 1. The molecule has 2 heteroatoms. The molecule has 0 bridgehead atoms. The Morgan fingerprint density at radius 2 is 2.08 bits per heavy atom. The van der Waals surface area contributed by atoms with Gasteiger partial charge in [0.2, 0.25) is 0 Å². The van der Waals surface area contributed by atoms with Crippen LogP contribution in [-0.2, 0) is 0 Å². The fraction of sp³-hybridized carbons (Fsp3) is 0.300. The molecular formula is C10H14N2. The first-order valence-electron chi connectivity index (χ1n) is 4.05. The Kier molecular flexibility index (Phi) is 2.48. The van der Waals surface area contributed by atoms with Crippen molar-refractivity contribution in [1.82, 2.24) is 0 Å². The van der Waals surface area contributed by atoms with Crippen LogP contribution in [-0.4, -0.2) is 6.21 Å². The smallest absolute Gasteiger partial charge is 0.0438 e. The molecule has 0 spiro atoms. The van der Waals surface area contributed by atoms with Gasteiger partial charge >= 0.3 is 0 Å². The van der Waals surface area contributed by atoms with Crippen LogP contribution in [0.25, 0.3) is 0 Å². The Bertz CT molecular complexity index is 290. The molecular weight excluding hydrogens is 148 g/mol. The third kappa shape index (κ3) is 1.47. The van der Waals surface area contributed by atoms with Gasteiger partial charge in [-0.15, -0.1) is 0 Å². The lowest BCUT2D eigenvalue weighted by Gasteiger charge is -2.10. The standard InChI is InChI=1S/C10H14N2/c1-7(2)9-5-3-4-8(6-11)10(9)12/h3-7,11H,12H2,1-2H3. The first-order valence-corrected chi connectivity index (χ1v) is 4.05. The van der Waals surface area contributed by atoms with Gasteiger partial charge in [-0.2, -0.15) is 0 Å². The Hall–Kier alpha value is -1.31. The van der Waals surface area contributed by atoms with Crippen LogP contribution in [0.3, 0.4) is 0 Å². The van der Waals surface area contributed by atoms with Crippen molar-refractivity contribution in [2.45, 2.75) is 19.8 Å². The largest absolute Gasteiger partial charge is 0.398 e. The zero-order valence-corrected chi connectivity index (χ0v) is 7.46. The first kappa shape index (κ1) is 8.78. The highest BCUT2D eigenvalue weighted by Gasteiger charge is 2.05. The molecule has 12 heavy (non-hydrogen) atoms. The van der Waals surface area contributed by atoms with Crippen LogP contribution in [0.15, 0.2) is 18.2 Å².